The van der Waals surface area contributed by atoms with E-state index in [1.807, 2.05) is 30.0 Å². The van der Waals surface area contributed by atoms with E-state index in [4.69, 9.17) is 9.47 Å². The first-order valence-corrected chi connectivity index (χ1v) is 8.45. The van der Waals surface area contributed by atoms with Crippen molar-refractivity contribution in [2.75, 3.05) is 32.3 Å². The van der Waals surface area contributed by atoms with E-state index in [0.29, 0.717) is 0 Å². The molecule has 0 aliphatic carbocycles. The van der Waals surface area contributed by atoms with E-state index in [1.165, 1.54) is 12.2 Å². The summed E-state index contributed by atoms with van der Waals surface area (Å²) in [6, 6.07) is 6.24. The average molecular weight is 297 g/mol. The van der Waals surface area contributed by atoms with Crippen molar-refractivity contribution in [1.29, 1.82) is 0 Å². The van der Waals surface area contributed by atoms with E-state index < -0.39 is 0 Å². The van der Waals surface area contributed by atoms with Crippen LogP contribution in [-0.2, 0) is 0 Å². The molecule has 0 aliphatic rings. The van der Waals surface area contributed by atoms with Crippen LogP contribution in [0.2, 0.25) is 0 Å². The molecule has 1 aromatic rings. The fourth-order valence-electron chi connectivity index (χ4n) is 2.13. The number of nitrogens with one attached hydrogen (secondary N) is 1. The van der Waals surface area contributed by atoms with Gasteiger partial charge in [0.05, 0.1) is 19.8 Å². The first kappa shape index (κ1) is 17.2. The predicted octanol–water partition coefficient (Wildman–Crippen LogP) is 3.89. The van der Waals surface area contributed by atoms with Gasteiger partial charge in [0.2, 0.25) is 0 Å². The molecule has 0 aromatic heterocycles. The average Bonchev–Trinajstić information content (AvgIpc) is 2.50. The highest BCUT2D eigenvalue weighted by atomic mass is 32.2. The van der Waals surface area contributed by atoms with Crippen molar-refractivity contribution in [1.82, 2.24) is 5.32 Å². The first-order valence-electron chi connectivity index (χ1n) is 7.30. The Kier molecular flexibility index (Phi) is 8.54. The summed E-state index contributed by atoms with van der Waals surface area (Å²) in [6.07, 6.45) is 2.32. The largest absolute Gasteiger partial charge is 0.496 e. The molecule has 0 saturated carbocycles. The summed E-state index contributed by atoms with van der Waals surface area (Å²) in [5, 5.41) is 3.61. The number of methoxy groups -OCH3 is 2. The number of hydrogen-bond acceptors (Lipinski definition) is 4. The Morgan fingerprint density at radius 1 is 1.10 bits per heavy atom. The lowest BCUT2D eigenvalue weighted by Crippen LogP contribution is -2.25. The Morgan fingerprint density at radius 3 is 2.25 bits per heavy atom. The SMILES string of the molecule is CCCNC(CSCCC)c1c(OC)cccc1OC. The standard InChI is InChI=1S/C16H27NO2S/c1-5-10-17-13(12-20-11-6-2)16-14(18-3)8-7-9-15(16)19-4/h7-9,13,17H,5-6,10-12H2,1-4H3. The minimum absolute atomic E-state index is 0.262. The highest BCUT2D eigenvalue weighted by Gasteiger charge is 2.20. The fraction of sp³-hybridized carbons (Fsp3) is 0.625. The summed E-state index contributed by atoms with van der Waals surface area (Å²) in [4.78, 5) is 0. The second-order valence-corrected chi connectivity index (χ2v) is 5.81. The molecular formula is C16H27NO2S. The summed E-state index contributed by atoms with van der Waals surface area (Å²) >= 11 is 1.97. The molecule has 0 aliphatic heterocycles. The van der Waals surface area contributed by atoms with Crippen molar-refractivity contribution in [3.8, 4) is 11.5 Å². The Balaban J connectivity index is 2.97. The number of hydrogen-bond donors (Lipinski definition) is 1. The summed E-state index contributed by atoms with van der Waals surface area (Å²) in [5.74, 6) is 4.01. The van der Waals surface area contributed by atoms with E-state index in [-0.39, 0.29) is 6.04 Å². The van der Waals surface area contributed by atoms with Gasteiger partial charge in [-0.2, -0.15) is 11.8 Å². The Labute approximate surface area is 127 Å². The smallest absolute Gasteiger partial charge is 0.127 e. The van der Waals surface area contributed by atoms with Crippen molar-refractivity contribution in [3.05, 3.63) is 23.8 Å². The van der Waals surface area contributed by atoms with Gasteiger partial charge in [-0.15, -0.1) is 0 Å². The van der Waals surface area contributed by atoms with Crippen molar-refractivity contribution in [2.24, 2.45) is 0 Å². The lowest BCUT2D eigenvalue weighted by atomic mass is 10.1. The van der Waals surface area contributed by atoms with Crippen LogP contribution < -0.4 is 14.8 Å². The zero-order chi connectivity index (χ0) is 14.8. The van der Waals surface area contributed by atoms with Crippen LogP contribution in [0.3, 0.4) is 0 Å². The van der Waals surface area contributed by atoms with Gasteiger partial charge >= 0.3 is 0 Å². The van der Waals surface area contributed by atoms with Crippen LogP contribution in [-0.4, -0.2) is 32.3 Å². The zero-order valence-corrected chi connectivity index (χ0v) is 13.9. The third kappa shape index (κ3) is 4.91. The van der Waals surface area contributed by atoms with Crippen LogP contribution in [0.15, 0.2) is 18.2 Å². The van der Waals surface area contributed by atoms with Crippen molar-refractivity contribution in [2.45, 2.75) is 32.7 Å². The van der Waals surface area contributed by atoms with Crippen LogP contribution in [0.1, 0.15) is 38.3 Å². The normalized spacial score (nSPS) is 12.2. The summed E-state index contributed by atoms with van der Waals surface area (Å²) in [6.45, 7) is 5.40. The minimum Gasteiger partial charge on any atom is -0.496 e. The molecule has 0 heterocycles. The van der Waals surface area contributed by atoms with E-state index in [9.17, 15) is 0 Å². The van der Waals surface area contributed by atoms with Gasteiger partial charge in [0, 0.05) is 11.8 Å². The molecule has 1 atom stereocenters. The molecule has 1 N–H and O–H groups in total. The van der Waals surface area contributed by atoms with E-state index >= 15 is 0 Å². The van der Waals surface area contributed by atoms with Gasteiger partial charge in [-0.05, 0) is 37.3 Å². The van der Waals surface area contributed by atoms with Gasteiger partial charge in [0.15, 0.2) is 0 Å². The molecule has 0 amide bonds. The van der Waals surface area contributed by atoms with Gasteiger partial charge in [0.1, 0.15) is 11.5 Å². The van der Waals surface area contributed by atoms with E-state index in [0.717, 1.165) is 35.8 Å². The molecule has 0 fully saturated rings. The van der Waals surface area contributed by atoms with E-state index in [1.54, 1.807) is 14.2 Å². The van der Waals surface area contributed by atoms with Crippen molar-refractivity contribution < 1.29 is 9.47 Å². The second kappa shape index (κ2) is 9.94. The van der Waals surface area contributed by atoms with Crippen molar-refractivity contribution >= 4 is 11.8 Å². The number of thioether (sulfide) groups is 1. The number of ether oxygens (including phenoxy) is 2. The van der Waals surface area contributed by atoms with Gasteiger partial charge in [0.25, 0.3) is 0 Å². The van der Waals surface area contributed by atoms with Crippen LogP contribution in [0.25, 0.3) is 0 Å². The van der Waals surface area contributed by atoms with Crippen LogP contribution in [0, 0.1) is 0 Å². The lowest BCUT2D eigenvalue weighted by molar-refractivity contribution is 0.374. The first-order chi connectivity index (χ1) is 9.78. The summed E-state index contributed by atoms with van der Waals surface area (Å²) in [5.41, 5.74) is 1.13. The molecule has 1 aromatic carbocycles. The number of benzene rings is 1. The van der Waals surface area contributed by atoms with Gasteiger partial charge in [-0.3, -0.25) is 0 Å². The maximum atomic E-state index is 5.53. The topological polar surface area (TPSA) is 30.5 Å². The highest BCUT2D eigenvalue weighted by molar-refractivity contribution is 7.99. The van der Waals surface area contributed by atoms with Gasteiger partial charge in [-0.25, -0.2) is 0 Å². The molecule has 0 saturated heterocycles. The maximum absolute atomic E-state index is 5.53. The lowest BCUT2D eigenvalue weighted by Gasteiger charge is -2.23. The highest BCUT2D eigenvalue weighted by Crippen LogP contribution is 2.35. The third-order valence-corrected chi connectivity index (χ3v) is 4.35. The maximum Gasteiger partial charge on any atom is 0.127 e. The quantitative estimate of drug-likeness (QED) is 0.664. The molecule has 0 spiro atoms. The zero-order valence-electron chi connectivity index (χ0n) is 13.1. The van der Waals surface area contributed by atoms with E-state index in [2.05, 4.69) is 19.2 Å². The Bertz CT molecular complexity index is 362. The van der Waals surface area contributed by atoms with Gasteiger partial charge < -0.3 is 14.8 Å². The Hall–Kier alpha value is -0.870. The van der Waals surface area contributed by atoms with Crippen LogP contribution in [0.4, 0.5) is 0 Å². The van der Waals surface area contributed by atoms with Crippen molar-refractivity contribution in [3.63, 3.8) is 0 Å². The molecular weight excluding hydrogens is 270 g/mol. The molecule has 20 heavy (non-hydrogen) atoms. The van der Waals surface area contributed by atoms with Crippen LogP contribution >= 0.6 is 11.8 Å². The number of rotatable bonds is 10. The molecule has 3 nitrogen and oxygen atoms in total. The molecule has 0 radical (unpaired) electrons. The monoisotopic (exact) mass is 297 g/mol. The Morgan fingerprint density at radius 2 is 1.75 bits per heavy atom. The van der Waals surface area contributed by atoms with Crippen LogP contribution in [0.5, 0.6) is 11.5 Å². The minimum atomic E-state index is 0.262. The fourth-order valence-corrected chi connectivity index (χ4v) is 3.11. The van der Waals surface area contributed by atoms with Gasteiger partial charge in [-0.1, -0.05) is 19.9 Å². The molecule has 0 bridgehead atoms. The predicted molar refractivity (Wildman–Crippen MR) is 88.2 cm³/mol. The third-order valence-electron chi connectivity index (χ3n) is 3.09. The summed E-state index contributed by atoms with van der Waals surface area (Å²) in [7, 11) is 3.43. The molecule has 1 rings (SSSR count). The molecule has 114 valence electrons. The molecule has 1 unspecified atom stereocenters. The molecule has 4 heteroatoms. The second-order valence-electron chi connectivity index (χ2n) is 4.66. The summed E-state index contributed by atoms with van der Waals surface area (Å²) < 4.78 is 11.1.